The van der Waals surface area contributed by atoms with E-state index in [2.05, 4.69) is 11.1 Å². The molecule has 0 radical (unpaired) electrons. The lowest BCUT2D eigenvalue weighted by Gasteiger charge is -2.39. The summed E-state index contributed by atoms with van der Waals surface area (Å²) < 4.78 is 21.8. The molecule has 6 heteroatoms. The number of alkyl halides is 1. The van der Waals surface area contributed by atoms with Crippen LogP contribution < -0.4 is 5.73 Å². The van der Waals surface area contributed by atoms with Gasteiger partial charge in [0.25, 0.3) is 0 Å². The van der Waals surface area contributed by atoms with Crippen molar-refractivity contribution in [1.29, 1.82) is 0 Å². The molecular formula is C20H32FN3O2. The summed E-state index contributed by atoms with van der Waals surface area (Å²) in [6, 6.07) is 0. The molecule has 26 heavy (non-hydrogen) atoms. The maximum atomic E-state index is 15.8. The highest BCUT2D eigenvalue weighted by Crippen LogP contribution is 2.44. The van der Waals surface area contributed by atoms with E-state index in [0.717, 1.165) is 5.71 Å². The van der Waals surface area contributed by atoms with Crippen LogP contribution in [0.5, 0.6) is 0 Å². The first-order chi connectivity index (χ1) is 12.3. The lowest BCUT2D eigenvalue weighted by molar-refractivity contribution is -0.113. The Kier molecular flexibility index (Phi) is 5.72. The number of ether oxygens (including phenoxy) is 1. The van der Waals surface area contributed by atoms with Gasteiger partial charge in [-0.3, -0.25) is 4.99 Å². The molecular weight excluding hydrogens is 333 g/mol. The number of nitrogens with two attached hydrogens (primary N) is 1. The summed E-state index contributed by atoms with van der Waals surface area (Å²) in [5.74, 6) is 0.817. The van der Waals surface area contributed by atoms with Gasteiger partial charge in [0, 0.05) is 25.1 Å². The van der Waals surface area contributed by atoms with E-state index in [1.807, 2.05) is 18.9 Å². The maximum Gasteiger partial charge on any atom is 0.137 e. The van der Waals surface area contributed by atoms with Crippen molar-refractivity contribution in [1.82, 2.24) is 4.90 Å². The van der Waals surface area contributed by atoms with Crippen LogP contribution in [0.2, 0.25) is 0 Å². The molecule has 5 nitrogen and oxygen atoms in total. The molecule has 0 aromatic rings. The number of hydrogen-bond donors (Lipinski definition) is 2. The van der Waals surface area contributed by atoms with Gasteiger partial charge >= 0.3 is 0 Å². The zero-order valence-electron chi connectivity index (χ0n) is 16.1. The molecule has 3 aliphatic rings. The predicted octanol–water partition coefficient (Wildman–Crippen LogP) is 2.76. The molecule has 2 aliphatic carbocycles. The van der Waals surface area contributed by atoms with Crippen molar-refractivity contribution in [3.63, 3.8) is 0 Å². The molecule has 3 rings (SSSR count). The predicted molar refractivity (Wildman–Crippen MR) is 101 cm³/mol. The van der Waals surface area contributed by atoms with Gasteiger partial charge in [-0.1, -0.05) is 18.1 Å². The monoisotopic (exact) mass is 365 g/mol. The second kappa shape index (κ2) is 7.69. The second-order valence-corrected chi connectivity index (χ2v) is 8.33. The summed E-state index contributed by atoms with van der Waals surface area (Å²) in [5, 5.41) is 9.65. The molecule has 0 bridgehead atoms. The van der Waals surface area contributed by atoms with E-state index >= 15 is 4.39 Å². The van der Waals surface area contributed by atoms with Gasteiger partial charge in [-0.05, 0) is 39.0 Å². The molecule has 1 saturated carbocycles. The van der Waals surface area contributed by atoms with Gasteiger partial charge in [0.15, 0.2) is 0 Å². The molecule has 0 saturated heterocycles. The van der Waals surface area contributed by atoms with Gasteiger partial charge in [0.1, 0.15) is 17.6 Å². The lowest BCUT2D eigenvalue weighted by atomic mass is 9.75. The number of aliphatic hydroxyl groups is 1. The maximum absolute atomic E-state index is 15.8. The largest absolute Gasteiger partial charge is 0.391 e. The van der Waals surface area contributed by atoms with Crippen LogP contribution in [0.15, 0.2) is 28.7 Å². The van der Waals surface area contributed by atoms with E-state index in [-0.39, 0.29) is 12.5 Å². The number of halogens is 1. The molecule has 3 N–H and O–H groups in total. The Morgan fingerprint density at radius 3 is 2.81 bits per heavy atom. The second-order valence-electron chi connectivity index (χ2n) is 8.33. The third kappa shape index (κ3) is 3.96. The van der Waals surface area contributed by atoms with Gasteiger partial charge in [-0.15, -0.1) is 0 Å². The number of aliphatic hydroxyl groups excluding tert-OH is 1. The summed E-state index contributed by atoms with van der Waals surface area (Å²) >= 11 is 0. The van der Waals surface area contributed by atoms with Crippen LogP contribution in [0.4, 0.5) is 4.39 Å². The van der Waals surface area contributed by atoms with Gasteiger partial charge in [-0.2, -0.15) is 0 Å². The first kappa shape index (κ1) is 19.4. The molecule has 1 fully saturated rings. The lowest BCUT2D eigenvalue weighted by Crippen LogP contribution is -2.48. The first-order valence-electron chi connectivity index (χ1n) is 9.68. The van der Waals surface area contributed by atoms with Crippen molar-refractivity contribution in [3.05, 3.63) is 23.7 Å². The third-order valence-electron chi connectivity index (χ3n) is 6.04. The minimum atomic E-state index is -1.19. The van der Waals surface area contributed by atoms with E-state index in [9.17, 15) is 5.11 Å². The molecule has 3 unspecified atom stereocenters. The standard InChI is InChI=1S/C20H32FN3O2/c1-13(25)12-26-20(2)9-15(14-5-4-6-14)7-8-16(19(20)21)17-11-24(3)18(22)10-23-17/h7,10,13-14,16,19,25H,4-6,8-9,11-12,22H2,1-3H3/t13?,16?,19?,20-/m0/s1. The highest BCUT2D eigenvalue weighted by atomic mass is 19.1. The molecule has 0 aromatic carbocycles. The summed E-state index contributed by atoms with van der Waals surface area (Å²) in [4.78, 5) is 6.35. The summed E-state index contributed by atoms with van der Waals surface area (Å²) in [6.45, 7) is 4.19. The number of aliphatic imine (C=N–C) groups is 1. The average Bonchev–Trinajstić information content (AvgIpc) is 2.65. The fourth-order valence-corrected chi connectivity index (χ4v) is 4.07. The van der Waals surface area contributed by atoms with Crippen molar-refractivity contribution in [2.75, 3.05) is 20.2 Å². The fraction of sp³-hybridized carbons (Fsp3) is 0.750. The molecule has 1 heterocycles. The smallest absolute Gasteiger partial charge is 0.137 e. The van der Waals surface area contributed by atoms with Crippen molar-refractivity contribution in [3.8, 4) is 0 Å². The molecule has 0 amide bonds. The first-order valence-corrected chi connectivity index (χ1v) is 9.68. The van der Waals surface area contributed by atoms with Crippen LogP contribution in [0.3, 0.4) is 0 Å². The number of hydrogen-bond acceptors (Lipinski definition) is 5. The fourth-order valence-electron chi connectivity index (χ4n) is 4.07. The van der Waals surface area contributed by atoms with Gasteiger partial charge in [-0.25, -0.2) is 4.39 Å². The quantitative estimate of drug-likeness (QED) is 0.735. The SMILES string of the molecule is CC(O)CO[C@@]1(C)CC(C2CCC2)=CCC(C2=NC=C(N)N(C)C2)C1F. The third-order valence-corrected chi connectivity index (χ3v) is 6.04. The van der Waals surface area contributed by atoms with Crippen LogP contribution in [0, 0.1) is 11.8 Å². The summed E-state index contributed by atoms with van der Waals surface area (Å²) in [6.07, 6.45) is 6.88. The van der Waals surface area contributed by atoms with Gasteiger partial charge in [0.2, 0.25) is 0 Å². The van der Waals surface area contributed by atoms with Gasteiger partial charge < -0.3 is 20.5 Å². The van der Waals surface area contributed by atoms with Gasteiger partial charge in [0.05, 0.1) is 25.5 Å². The summed E-state index contributed by atoms with van der Waals surface area (Å²) in [5.41, 5.74) is 7.05. The van der Waals surface area contributed by atoms with Crippen LogP contribution in [-0.4, -0.2) is 53.8 Å². The Morgan fingerprint density at radius 2 is 2.23 bits per heavy atom. The Morgan fingerprint density at radius 1 is 1.50 bits per heavy atom. The van der Waals surface area contributed by atoms with E-state index < -0.39 is 17.9 Å². The van der Waals surface area contributed by atoms with Crippen LogP contribution in [0.25, 0.3) is 0 Å². The number of allylic oxidation sites excluding steroid dienone is 1. The average molecular weight is 365 g/mol. The van der Waals surface area contributed by atoms with E-state index in [1.54, 1.807) is 13.1 Å². The van der Waals surface area contributed by atoms with E-state index in [1.165, 1.54) is 24.8 Å². The summed E-state index contributed by atoms with van der Waals surface area (Å²) in [7, 11) is 1.89. The van der Waals surface area contributed by atoms with E-state index in [0.29, 0.717) is 31.1 Å². The molecule has 4 atom stereocenters. The minimum absolute atomic E-state index is 0.140. The molecule has 0 aromatic heterocycles. The highest BCUT2D eigenvalue weighted by Gasteiger charge is 2.46. The zero-order chi connectivity index (χ0) is 18.9. The Labute approximate surface area is 155 Å². The number of nitrogens with zero attached hydrogens (tertiary/aromatic N) is 2. The topological polar surface area (TPSA) is 71.1 Å². The van der Waals surface area contributed by atoms with Crippen LogP contribution in [0.1, 0.15) is 46.0 Å². The van der Waals surface area contributed by atoms with E-state index in [4.69, 9.17) is 10.5 Å². The van der Waals surface area contributed by atoms with Crippen molar-refractivity contribution < 1.29 is 14.2 Å². The Bertz CT molecular complexity index is 612. The van der Waals surface area contributed by atoms with Crippen molar-refractivity contribution in [2.24, 2.45) is 22.6 Å². The molecule has 146 valence electrons. The highest BCUT2D eigenvalue weighted by molar-refractivity contribution is 5.90. The minimum Gasteiger partial charge on any atom is -0.391 e. The Balaban J connectivity index is 1.87. The normalized spacial score (nSPS) is 34.3. The molecule has 0 spiro atoms. The zero-order valence-corrected chi connectivity index (χ0v) is 16.1. The van der Waals surface area contributed by atoms with Crippen LogP contribution >= 0.6 is 0 Å². The van der Waals surface area contributed by atoms with Crippen molar-refractivity contribution in [2.45, 2.75) is 63.8 Å². The van der Waals surface area contributed by atoms with Crippen LogP contribution in [-0.2, 0) is 4.74 Å². The Hall–Kier alpha value is -1.40. The molecule has 1 aliphatic heterocycles. The van der Waals surface area contributed by atoms with Crippen molar-refractivity contribution >= 4 is 5.71 Å². The number of rotatable bonds is 5.